The van der Waals surface area contributed by atoms with Crippen molar-refractivity contribution < 1.29 is 4.42 Å². The van der Waals surface area contributed by atoms with Crippen molar-refractivity contribution in [1.82, 2.24) is 0 Å². The normalized spacial score (nSPS) is 13.3. The molecular weight excluding hydrogens is 174 g/mol. The fourth-order valence-electron chi connectivity index (χ4n) is 1.75. The summed E-state index contributed by atoms with van der Waals surface area (Å²) in [5.41, 5.74) is 8.11. The molecule has 0 bridgehead atoms. The number of hydrogen-bond donors (Lipinski definition) is 1. The Morgan fingerprint density at radius 2 is 2.14 bits per heavy atom. The second-order valence-electron chi connectivity index (χ2n) is 3.58. The summed E-state index contributed by atoms with van der Waals surface area (Å²) in [4.78, 5) is 0. The van der Waals surface area contributed by atoms with Crippen molar-refractivity contribution >= 4 is 11.0 Å². The molecule has 1 atom stereocenters. The lowest BCUT2D eigenvalue weighted by Gasteiger charge is -2.07. The first kappa shape index (κ1) is 9.28. The SMILES string of the molecule is CCCC(N)c1coc2ccccc12. The van der Waals surface area contributed by atoms with Crippen LogP contribution in [-0.4, -0.2) is 0 Å². The van der Waals surface area contributed by atoms with E-state index in [1.807, 2.05) is 18.2 Å². The van der Waals surface area contributed by atoms with E-state index in [-0.39, 0.29) is 6.04 Å². The zero-order valence-electron chi connectivity index (χ0n) is 8.36. The van der Waals surface area contributed by atoms with E-state index in [1.165, 1.54) is 0 Å². The number of hydrogen-bond acceptors (Lipinski definition) is 2. The predicted octanol–water partition coefficient (Wildman–Crippen LogP) is 3.23. The average Bonchev–Trinajstić information content (AvgIpc) is 2.61. The summed E-state index contributed by atoms with van der Waals surface area (Å²) < 4.78 is 5.44. The fourth-order valence-corrected chi connectivity index (χ4v) is 1.75. The summed E-state index contributed by atoms with van der Waals surface area (Å²) in [5, 5.41) is 1.15. The molecular formula is C12H15NO. The third kappa shape index (κ3) is 1.53. The molecule has 0 amide bonds. The monoisotopic (exact) mass is 189 g/mol. The van der Waals surface area contributed by atoms with Gasteiger partial charge in [-0.3, -0.25) is 0 Å². The molecule has 0 saturated carbocycles. The lowest BCUT2D eigenvalue weighted by atomic mass is 10.0. The summed E-state index contributed by atoms with van der Waals surface area (Å²) in [7, 11) is 0. The van der Waals surface area contributed by atoms with Gasteiger partial charge in [0.1, 0.15) is 5.58 Å². The van der Waals surface area contributed by atoms with Crippen molar-refractivity contribution in [2.24, 2.45) is 5.73 Å². The van der Waals surface area contributed by atoms with E-state index in [9.17, 15) is 0 Å². The maximum absolute atomic E-state index is 6.06. The molecule has 0 spiro atoms. The minimum Gasteiger partial charge on any atom is -0.464 e. The van der Waals surface area contributed by atoms with E-state index >= 15 is 0 Å². The van der Waals surface area contributed by atoms with Crippen LogP contribution in [0.5, 0.6) is 0 Å². The van der Waals surface area contributed by atoms with E-state index in [4.69, 9.17) is 10.2 Å². The molecule has 0 aliphatic carbocycles. The van der Waals surface area contributed by atoms with Gasteiger partial charge in [-0.1, -0.05) is 31.5 Å². The van der Waals surface area contributed by atoms with Gasteiger partial charge in [0, 0.05) is 17.0 Å². The van der Waals surface area contributed by atoms with Gasteiger partial charge in [-0.15, -0.1) is 0 Å². The number of benzene rings is 1. The molecule has 2 nitrogen and oxygen atoms in total. The zero-order chi connectivity index (χ0) is 9.97. The Morgan fingerprint density at radius 1 is 1.36 bits per heavy atom. The molecule has 2 rings (SSSR count). The van der Waals surface area contributed by atoms with Crippen molar-refractivity contribution in [3.05, 3.63) is 36.1 Å². The van der Waals surface area contributed by atoms with Crippen LogP contribution in [0.1, 0.15) is 31.4 Å². The van der Waals surface area contributed by atoms with Crippen LogP contribution in [0, 0.1) is 0 Å². The van der Waals surface area contributed by atoms with Gasteiger partial charge >= 0.3 is 0 Å². The lowest BCUT2D eigenvalue weighted by Crippen LogP contribution is -2.08. The van der Waals surface area contributed by atoms with Crippen molar-refractivity contribution in [1.29, 1.82) is 0 Å². The summed E-state index contributed by atoms with van der Waals surface area (Å²) in [6, 6.07) is 8.12. The van der Waals surface area contributed by atoms with E-state index in [0.717, 1.165) is 29.4 Å². The van der Waals surface area contributed by atoms with Crippen LogP contribution in [0.15, 0.2) is 34.9 Å². The van der Waals surface area contributed by atoms with Gasteiger partial charge in [-0.25, -0.2) is 0 Å². The van der Waals surface area contributed by atoms with Gasteiger partial charge in [0.25, 0.3) is 0 Å². The van der Waals surface area contributed by atoms with Crippen molar-refractivity contribution in [3.8, 4) is 0 Å². The second-order valence-corrected chi connectivity index (χ2v) is 3.58. The summed E-state index contributed by atoms with van der Waals surface area (Å²) >= 11 is 0. The second kappa shape index (κ2) is 3.84. The fraction of sp³-hybridized carbons (Fsp3) is 0.333. The van der Waals surface area contributed by atoms with Gasteiger partial charge in [0.15, 0.2) is 0 Å². The van der Waals surface area contributed by atoms with Gasteiger partial charge in [-0.05, 0) is 12.5 Å². The van der Waals surface area contributed by atoms with Crippen LogP contribution >= 0.6 is 0 Å². The molecule has 0 aliphatic heterocycles. The van der Waals surface area contributed by atoms with E-state index in [1.54, 1.807) is 6.26 Å². The Balaban J connectivity index is 2.42. The minimum absolute atomic E-state index is 0.101. The first-order chi connectivity index (χ1) is 6.83. The average molecular weight is 189 g/mol. The first-order valence-corrected chi connectivity index (χ1v) is 5.04. The highest BCUT2D eigenvalue weighted by Gasteiger charge is 2.11. The standard InChI is InChI=1S/C12H15NO/c1-2-5-11(13)10-8-14-12-7-4-3-6-9(10)12/h3-4,6-8,11H,2,5,13H2,1H3. The van der Waals surface area contributed by atoms with Crippen LogP contribution in [0.4, 0.5) is 0 Å². The molecule has 2 aromatic rings. The predicted molar refractivity (Wildman–Crippen MR) is 58.1 cm³/mol. The minimum atomic E-state index is 0.101. The number of fused-ring (bicyclic) bond motifs is 1. The number of rotatable bonds is 3. The summed E-state index contributed by atoms with van der Waals surface area (Å²) in [6.45, 7) is 2.14. The van der Waals surface area contributed by atoms with Crippen LogP contribution in [0.25, 0.3) is 11.0 Å². The molecule has 2 N–H and O–H groups in total. The third-order valence-electron chi connectivity index (χ3n) is 2.51. The molecule has 1 heterocycles. The van der Waals surface area contributed by atoms with Crippen molar-refractivity contribution in [3.63, 3.8) is 0 Å². The maximum atomic E-state index is 6.06. The molecule has 0 aliphatic rings. The largest absolute Gasteiger partial charge is 0.464 e. The Bertz CT molecular complexity index is 419. The van der Waals surface area contributed by atoms with E-state index in [0.29, 0.717) is 0 Å². The number of para-hydroxylation sites is 1. The quantitative estimate of drug-likeness (QED) is 0.805. The molecule has 0 fully saturated rings. The van der Waals surface area contributed by atoms with Crippen LogP contribution < -0.4 is 5.73 Å². The molecule has 0 radical (unpaired) electrons. The summed E-state index contributed by atoms with van der Waals surface area (Å²) in [5.74, 6) is 0. The number of nitrogens with two attached hydrogens (primary N) is 1. The van der Waals surface area contributed by atoms with Crippen LogP contribution in [-0.2, 0) is 0 Å². The molecule has 1 unspecified atom stereocenters. The number of furan rings is 1. The Morgan fingerprint density at radius 3 is 2.93 bits per heavy atom. The molecule has 1 aromatic heterocycles. The highest BCUT2D eigenvalue weighted by Crippen LogP contribution is 2.26. The Kier molecular flexibility index (Phi) is 2.55. The van der Waals surface area contributed by atoms with Gasteiger partial charge in [0.05, 0.1) is 6.26 Å². The molecule has 14 heavy (non-hydrogen) atoms. The van der Waals surface area contributed by atoms with Crippen LogP contribution in [0.2, 0.25) is 0 Å². The molecule has 1 aromatic carbocycles. The summed E-state index contributed by atoms with van der Waals surface area (Å²) in [6.07, 6.45) is 3.88. The smallest absolute Gasteiger partial charge is 0.134 e. The maximum Gasteiger partial charge on any atom is 0.134 e. The van der Waals surface area contributed by atoms with Crippen molar-refractivity contribution in [2.45, 2.75) is 25.8 Å². The Labute approximate surface area is 83.7 Å². The first-order valence-electron chi connectivity index (χ1n) is 5.04. The highest BCUT2D eigenvalue weighted by molar-refractivity contribution is 5.81. The van der Waals surface area contributed by atoms with E-state index in [2.05, 4.69) is 13.0 Å². The Hall–Kier alpha value is -1.28. The lowest BCUT2D eigenvalue weighted by molar-refractivity contribution is 0.586. The van der Waals surface area contributed by atoms with Gasteiger partial charge < -0.3 is 10.2 Å². The van der Waals surface area contributed by atoms with E-state index < -0.39 is 0 Å². The van der Waals surface area contributed by atoms with Gasteiger partial charge in [-0.2, -0.15) is 0 Å². The third-order valence-corrected chi connectivity index (χ3v) is 2.51. The molecule has 2 heteroatoms. The highest BCUT2D eigenvalue weighted by atomic mass is 16.3. The van der Waals surface area contributed by atoms with Crippen LogP contribution in [0.3, 0.4) is 0 Å². The molecule has 74 valence electrons. The molecule has 0 saturated heterocycles. The zero-order valence-corrected chi connectivity index (χ0v) is 8.36. The van der Waals surface area contributed by atoms with Crippen molar-refractivity contribution in [2.75, 3.05) is 0 Å². The van der Waals surface area contributed by atoms with Gasteiger partial charge in [0.2, 0.25) is 0 Å². The topological polar surface area (TPSA) is 39.2 Å².